The molecule has 0 saturated heterocycles. The van der Waals surface area contributed by atoms with Crippen LogP contribution in [0, 0.1) is 21.4 Å². The Morgan fingerprint density at radius 1 is 0.950 bits per heavy atom. The first-order valence-corrected chi connectivity index (χ1v) is 12.5. The molecule has 0 N–H and O–H groups in total. The van der Waals surface area contributed by atoms with E-state index in [9.17, 15) is 25.0 Å². The summed E-state index contributed by atoms with van der Waals surface area (Å²) in [7, 11) is 0. The number of imide groups is 1. The second-order valence-electron chi connectivity index (χ2n) is 9.18. The number of carbonyl (C=O) groups is 2. The fourth-order valence-corrected chi connectivity index (χ4v) is 4.55. The number of hydrogen-bond donors (Lipinski definition) is 0. The summed E-state index contributed by atoms with van der Waals surface area (Å²) in [6, 6.07) is 26.8. The highest BCUT2D eigenvalue weighted by molar-refractivity contribution is 6.19. The zero-order chi connectivity index (χ0) is 28.2. The van der Waals surface area contributed by atoms with Crippen LogP contribution in [0.5, 0.6) is 0 Å². The maximum absolute atomic E-state index is 13.7. The van der Waals surface area contributed by atoms with Crippen LogP contribution in [-0.2, 0) is 16.0 Å². The Morgan fingerprint density at radius 2 is 1.60 bits per heavy atom. The number of benzene rings is 3. The lowest BCUT2D eigenvalue weighted by Gasteiger charge is -2.27. The molecule has 5 rings (SSSR count). The number of hydrogen-bond acceptors (Lipinski definition) is 6. The van der Waals surface area contributed by atoms with E-state index < -0.39 is 16.7 Å². The number of non-ortho nitro benzene ring substituents is 1. The second-order valence-corrected chi connectivity index (χ2v) is 9.18. The third kappa shape index (κ3) is 5.06. The van der Waals surface area contributed by atoms with Gasteiger partial charge >= 0.3 is 0 Å². The van der Waals surface area contributed by atoms with Gasteiger partial charge in [0, 0.05) is 41.6 Å². The minimum atomic E-state index is -0.608. The molecule has 0 saturated carbocycles. The van der Waals surface area contributed by atoms with Gasteiger partial charge in [0.15, 0.2) is 0 Å². The molecule has 0 aliphatic carbocycles. The summed E-state index contributed by atoms with van der Waals surface area (Å²) in [5.74, 6) is -1.09. The van der Waals surface area contributed by atoms with Crippen LogP contribution in [0.1, 0.15) is 18.1 Å². The summed E-state index contributed by atoms with van der Waals surface area (Å²) in [4.78, 5) is 38.5. The molecule has 9 heteroatoms. The molecule has 1 aromatic heterocycles. The van der Waals surface area contributed by atoms with E-state index in [2.05, 4.69) is 0 Å². The second kappa shape index (κ2) is 11.0. The van der Waals surface area contributed by atoms with Gasteiger partial charge in [-0.25, -0.2) is 4.68 Å². The third-order valence-corrected chi connectivity index (χ3v) is 6.71. The molecule has 0 radical (unpaired) electrons. The molecular formula is C31H23N5O4. The normalized spacial score (nSPS) is 14.5. The number of rotatable bonds is 7. The number of amides is 2. The predicted molar refractivity (Wildman–Crippen MR) is 149 cm³/mol. The van der Waals surface area contributed by atoms with Crippen LogP contribution >= 0.6 is 0 Å². The molecule has 0 fully saturated rings. The molecule has 196 valence electrons. The molecule has 1 aliphatic rings. The average molecular weight is 530 g/mol. The maximum atomic E-state index is 13.7. The van der Waals surface area contributed by atoms with Gasteiger partial charge < -0.3 is 0 Å². The van der Waals surface area contributed by atoms with E-state index >= 15 is 0 Å². The fraction of sp³-hybridized carbons (Fsp3) is 0.0968. The van der Waals surface area contributed by atoms with E-state index in [1.807, 2.05) is 66.7 Å². The van der Waals surface area contributed by atoms with Crippen molar-refractivity contribution in [3.8, 4) is 23.0 Å². The van der Waals surface area contributed by atoms with Gasteiger partial charge in [-0.1, -0.05) is 60.7 Å². The molecule has 0 bridgehead atoms. The number of nitrogens with zero attached hydrogens (tertiary/aromatic N) is 5. The highest BCUT2D eigenvalue weighted by Gasteiger charge is 2.35. The van der Waals surface area contributed by atoms with Gasteiger partial charge in [0.1, 0.15) is 11.6 Å². The number of nitriles is 1. The standard InChI is InChI=1S/C31H23N5O4/c1-21-27(30(37)34(31(38)28(21)19-32)17-16-22-8-4-2-5-9-22)18-24-20-35(25-12-14-26(15-13-25)36(39)40)33-29(24)23-10-6-3-7-11-23/h2-15,18,20H,16-17H2,1H3/b27-18+. The molecule has 4 aromatic rings. The number of aromatic nitrogens is 2. The van der Waals surface area contributed by atoms with Crippen molar-refractivity contribution in [2.45, 2.75) is 13.3 Å². The zero-order valence-corrected chi connectivity index (χ0v) is 21.5. The van der Waals surface area contributed by atoms with Crippen molar-refractivity contribution in [3.05, 3.63) is 129 Å². The van der Waals surface area contributed by atoms with E-state index in [1.54, 1.807) is 36.0 Å². The van der Waals surface area contributed by atoms with E-state index in [0.29, 0.717) is 28.9 Å². The molecule has 3 aromatic carbocycles. The zero-order valence-electron chi connectivity index (χ0n) is 21.5. The maximum Gasteiger partial charge on any atom is 0.271 e. The van der Waals surface area contributed by atoms with Gasteiger partial charge in [0.25, 0.3) is 17.5 Å². The predicted octanol–water partition coefficient (Wildman–Crippen LogP) is 5.28. The lowest BCUT2D eigenvalue weighted by Crippen LogP contribution is -2.43. The van der Waals surface area contributed by atoms with Crippen LogP contribution in [0.15, 0.2) is 108 Å². The molecule has 1 aliphatic heterocycles. The van der Waals surface area contributed by atoms with E-state index in [0.717, 1.165) is 16.0 Å². The fourth-order valence-electron chi connectivity index (χ4n) is 4.55. The van der Waals surface area contributed by atoms with Crippen molar-refractivity contribution in [3.63, 3.8) is 0 Å². The van der Waals surface area contributed by atoms with Crippen LogP contribution in [-0.4, -0.2) is 38.0 Å². The smallest absolute Gasteiger partial charge is 0.271 e. The highest BCUT2D eigenvalue weighted by atomic mass is 16.6. The summed E-state index contributed by atoms with van der Waals surface area (Å²) < 4.78 is 1.58. The average Bonchev–Trinajstić information content (AvgIpc) is 3.40. The molecular weight excluding hydrogens is 506 g/mol. The van der Waals surface area contributed by atoms with Gasteiger partial charge in [-0.05, 0) is 42.7 Å². The summed E-state index contributed by atoms with van der Waals surface area (Å²) >= 11 is 0. The molecule has 9 nitrogen and oxygen atoms in total. The minimum absolute atomic E-state index is 0.0422. The Bertz CT molecular complexity index is 1710. The van der Waals surface area contributed by atoms with Crippen molar-refractivity contribution in [1.29, 1.82) is 5.26 Å². The van der Waals surface area contributed by atoms with Crippen LogP contribution in [0.4, 0.5) is 5.69 Å². The minimum Gasteiger partial charge on any atom is -0.273 e. The topological polar surface area (TPSA) is 122 Å². The largest absolute Gasteiger partial charge is 0.273 e. The van der Waals surface area contributed by atoms with E-state index in [4.69, 9.17) is 5.10 Å². The third-order valence-electron chi connectivity index (χ3n) is 6.71. The van der Waals surface area contributed by atoms with Crippen molar-refractivity contribution in [2.75, 3.05) is 6.54 Å². The monoisotopic (exact) mass is 529 g/mol. The number of nitro groups is 1. The summed E-state index contributed by atoms with van der Waals surface area (Å²) in [6.45, 7) is 1.72. The van der Waals surface area contributed by atoms with E-state index in [1.165, 1.54) is 12.1 Å². The van der Waals surface area contributed by atoms with Gasteiger partial charge in [0.2, 0.25) is 0 Å². The van der Waals surface area contributed by atoms with Crippen LogP contribution < -0.4 is 0 Å². The van der Waals surface area contributed by atoms with Crippen molar-refractivity contribution < 1.29 is 14.5 Å². The summed E-state index contributed by atoms with van der Waals surface area (Å²) in [5, 5.41) is 25.6. The van der Waals surface area contributed by atoms with Gasteiger partial charge in [0.05, 0.1) is 16.3 Å². The Kier molecular flexibility index (Phi) is 7.16. The molecule has 0 spiro atoms. The first-order chi connectivity index (χ1) is 19.4. The molecule has 2 heterocycles. The summed E-state index contributed by atoms with van der Waals surface area (Å²) in [6.07, 6.45) is 3.82. The van der Waals surface area contributed by atoms with Gasteiger partial charge in [-0.2, -0.15) is 10.4 Å². The quantitative estimate of drug-likeness (QED) is 0.139. The highest BCUT2D eigenvalue weighted by Crippen LogP contribution is 2.31. The molecule has 0 unspecified atom stereocenters. The summed E-state index contributed by atoms with van der Waals surface area (Å²) in [5.41, 5.74) is 3.90. The molecule has 2 amide bonds. The van der Waals surface area contributed by atoms with Gasteiger partial charge in [-0.3, -0.25) is 24.6 Å². The van der Waals surface area contributed by atoms with Gasteiger partial charge in [-0.15, -0.1) is 0 Å². The van der Waals surface area contributed by atoms with Crippen molar-refractivity contribution >= 4 is 23.6 Å². The molecule has 40 heavy (non-hydrogen) atoms. The van der Waals surface area contributed by atoms with Crippen molar-refractivity contribution in [2.24, 2.45) is 0 Å². The Hall–Kier alpha value is -5.62. The number of nitro benzene ring substituents is 1. The lowest BCUT2D eigenvalue weighted by atomic mass is 9.93. The van der Waals surface area contributed by atoms with Crippen LogP contribution in [0.2, 0.25) is 0 Å². The Morgan fingerprint density at radius 3 is 2.23 bits per heavy atom. The Balaban J connectivity index is 1.59. The van der Waals surface area contributed by atoms with Crippen molar-refractivity contribution in [1.82, 2.24) is 14.7 Å². The first-order valence-electron chi connectivity index (χ1n) is 12.5. The lowest BCUT2D eigenvalue weighted by molar-refractivity contribution is -0.384. The molecule has 0 atom stereocenters. The first kappa shape index (κ1) is 26.0. The SMILES string of the molecule is CC1=C(C#N)C(=O)N(CCc2ccccc2)C(=O)/C1=C/c1cn(-c2ccc([N+](=O)[O-])cc2)nc1-c1ccccc1. The van der Waals surface area contributed by atoms with E-state index in [-0.39, 0.29) is 23.4 Å². The Labute approximate surface area is 230 Å². The van der Waals surface area contributed by atoms with Crippen LogP contribution in [0.3, 0.4) is 0 Å². The number of carbonyl (C=O) groups excluding carboxylic acids is 2. The van der Waals surface area contributed by atoms with Crippen LogP contribution in [0.25, 0.3) is 23.0 Å².